The average molecular weight is 957 g/mol. The van der Waals surface area contributed by atoms with Gasteiger partial charge in [-0.3, -0.25) is 13.6 Å². The molecule has 0 bridgehead atoms. The average Bonchev–Trinajstić information content (AvgIpc) is 2.90. The van der Waals surface area contributed by atoms with E-state index in [9.17, 15) is 0 Å². The number of hydrogen-bond acceptors (Lipinski definition) is 3. The number of rotatable bonds is 7. The minimum absolute atomic E-state index is 0. The van der Waals surface area contributed by atoms with Crippen LogP contribution in [-0.2, 0) is 131 Å². The Kier molecular flexibility index (Phi) is 101. The first-order chi connectivity index (χ1) is 19.1. The van der Waals surface area contributed by atoms with Crippen LogP contribution in [0.3, 0.4) is 0 Å². The van der Waals surface area contributed by atoms with E-state index >= 15 is 0 Å². The molecule has 0 aliphatic rings. The van der Waals surface area contributed by atoms with Gasteiger partial charge < -0.3 is 61.6 Å². The second-order valence-corrected chi connectivity index (χ2v) is 12.2. The first kappa shape index (κ1) is 83.3. The molecule has 4 radical (unpaired) electrons. The zero-order valence-corrected chi connectivity index (χ0v) is 47.4. The fourth-order valence-electron chi connectivity index (χ4n) is 2.43. The summed E-state index contributed by atoms with van der Waals surface area (Å²) >= 11 is 0. The van der Waals surface area contributed by atoms with Gasteiger partial charge in [-0.25, -0.2) is 0 Å². The molecule has 0 saturated carbocycles. The molecule has 8 heteroatoms. The molecule has 0 aromatic rings. The minimum Gasteiger partial charge on any atom is -0.684 e. The molecule has 0 aliphatic carbocycles. The monoisotopic (exact) mass is 956 g/mol. The Morgan fingerprint density at radius 2 is 0.696 bits per heavy atom. The molecular weight excluding hydrogens is 868 g/mol. The third-order valence-electron chi connectivity index (χ3n) is 4.94. The zero-order valence-electron chi connectivity index (χ0n) is 36.0. The van der Waals surface area contributed by atoms with Crippen molar-refractivity contribution in [1.82, 2.24) is 14.7 Å². The molecule has 0 aromatic heterocycles. The smallest absolute Gasteiger partial charge is 0.00950 e. The van der Waals surface area contributed by atoms with Gasteiger partial charge in [0.15, 0.2) is 0 Å². The van der Waals surface area contributed by atoms with Gasteiger partial charge in [-0.05, 0) is 74.4 Å². The van der Waals surface area contributed by atoms with Crippen molar-refractivity contribution in [2.45, 2.75) is 167 Å². The third kappa shape index (κ3) is 77.6. The van der Waals surface area contributed by atoms with Crippen molar-refractivity contribution in [2.75, 3.05) is 39.3 Å². The zero-order chi connectivity index (χ0) is 36.4. The normalized spacial score (nSPS) is 9.78. The van der Waals surface area contributed by atoms with Crippen LogP contribution in [0.25, 0.3) is 5.32 Å². The molecule has 46 heavy (non-hydrogen) atoms. The standard InChI is InChI=1S/C9H19N.C8H17N.C7H15N.C6H13N.4C2H6.4Y/c1-6-8-10(7-2)9(3,4)5;1-6-9(7-2)8(3,4)5;1-6-8(5)7(2,3)4;1-5-7-6(2,3)4;4*1-2;;;;/h1-2,6-8H2,3-5H3;1-2,6-7H2,3-5H3;1,5-6H2,2-4H3;1,5H2,2-4H3;4*1-2H3;;;;/q4*-2;;;;;;;;. The van der Waals surface area contributed by atoms with Crippen LogP contribution >= 0.6 is 0 Å². The molecule has 0 N–H and O–H groups in total. The molecule has 0 atom stereocenters. The minimum atomic E-state index is 0. The van der Waals surface area contributed by atoms with Crippen LogP contribution < -0.4 is 0 Å². The molecule has 0 spiro atoms. The van der Waals surface area contributed by atoms with Crippen LogP contribution in [0.4, 0.5) is 0 Å². The van der Waals surface area contributed by atoms with Gasteiger partial charge in [0.2, 0.25) is 0 Å². The summed E-state index contributed by atoms with van der Waals surface area (Å²) < 4.78 is 0. The Bertz CT molecular complexity index is 436. The Labute approximate surface area is 400 Å². The predicted octanol–water partition coefficient (Wildman–Crippen LogP) is 11.7. The van der Waals surface area contributed by atoms with Crippen molar-refractivity contribution >= 4 is 0 Å². The summed E-state index contributed by atoms with van der Waals surface area (Å²) in [6.07, 6.45) is 0.965. The molecule has 0 saturated heterocycles. The van der Waals surface area contributed by atoms with Crippen molar-refractivity contribution < 1.29 is 131 Å². The van der Waals surface area contributed by atoms with E-state index in [1.54, 1.807) is 0 Å². The van der Waals surface area contributed by atoms with E-state index in [1.165, 1.54) is 0 Å². The van der Waals surface area contributed by atoms with Crippen molar-refractivity contribution in [3.8, 4) is 0 Å². The van der Waals surface area contributed by atoms with E-state index in [2.05, 4.69) is 147 Å². The summed E-state index contributed by atoms with van der Waals surface area (Å²) in [6, 6.07) is 0. The molecule has 0 aliphatic heterocycles. The van der Waals surface area contributed by atoms with Gasteiger partial charge in [0.1, 0.15) is 0 Å². The van der Waals surface area contributed by atoms with Crippen LogP contribution in [0, 0.1) is 48.6 Å². The van der Waals surface area contributed by atoms with E-state index in [-0.39, 0.29) is 153 Å². The maximum absolute atomic E-state index is 4.15. The van der Waals surface area contributed by atoms with Gasteiger partial charge in [-0.15, -0.1) is 25.2 Å². The van der Waals surface area contributed by atoms with Crippen molar-refractivity contribution in [3.05, 3.63) is 53.9 Å². The van der Waals surface area contributed by atoms with Crippen LogP contribution in [0.1, 0.15) is 145 Å². The molecular formula is C38H88N4Y4-8. The van der Waals surface area contributed by atoms with E-state index in [1.807, 2.05) is 60.3 Å². The number of nitrogens with zero attached hydrogens (tertiary/aromatic N) is 4. The maximum Gasteiger partial charge on any atom is 0.00950 e. The van der Waals surface area contributed by atoms with Gasteiger partial charge in [0.05, 0.1) is 0 Å². The fraction of sp³-hybridized carbons (Fsp3) is 0.816. The van der Waals surface area contributed by atoms with Crippen LogP contribution in [0.15, 0.2) is 0 Å². The van der Waals surface area contributed by atoms with E-state index in [0.717, 1.165) is 39.1 Å². The SMILES string of the molecule is CC.CC.CC.CC.[CH2-]CCN(C[CH2-])C(C)(C)C.[CH2-]CN(C[CH2-])C(C)(C)C.[CH2-]CN([CH2-])C(C)(C)C.[CH2-]C[N-]C(C)(C)C.[Y].[Y].[Y].[Y]. The van der Waals surface area contributed by atoms with E-state index < -0.39 is 0 Å². The van der Waals surface area contributed by atoms with Crippen molar-refractivity contribution in [3.63, 3.8) is 0 Å². The van der Waals surface area contributed by atoms with Crippen molar-refractivity contribution in [2.24, 2.45) is 0 Å². The van der Waals surface area contributed by atoms with Gasteiger partial charge in [0, 0.05) is 142 Å². The molecule has 0 fully saturated rings. The molecule has 0 rings (SSSR count). The van der Waals surface area contributed by atoms with Gasteiger partial charge >= 0.3 is 0 Å². The Morgan fingerprint density at radius 1 is 0.435 bits per heavy atom. The van der Waals surface area contributed by atoms with E-state index in [0.29, 0.717) is 6.54 Å². The third-order valence-corrected chi connectivity index (χ3v) is 4.94. The first-order valence-corrected chi connectivity index (χ1v) is 16.6. The van der Waals surface area contributed by atoms with E-state index in [4.69, 9.17) is 0 Å². The second-order valence-electron chi connectivity index (χ2n) is 12.2. The molecule has 0 heterocycles. The maximum atomic E-state index is 4.15. The first-order valence-electron chi connectivity index (χ1n) is 16.6. The van der Waals surface area contributed by atoms with Crippen LogP contribution in [0.2, 0.25) is 0 Å². The van der Waals surface area contributed by atoms with Crippen LogP contribution in [-0.4, -0.2) is 76.1 Å². The summed E-state index contributed by atoms with van der Waals surface area (Å²) in [5.41, 5.74) is 0.756. The second kappa shape index (κ2) is 56.0. The molecule has 280 valence electrons. The fourth-order valence-corrected chi connectivity index (χ4v) is 2.43. The molecule has 4 nitrogen and oxygen atoms in total. The quantitative estimate of drug-likeness (QED) is 0.238. The summed E-state index contributed by atoms with van der Waals surface area (Å²) in [7, 11) is 3.80. The topological polar surface area (TPSA) is 23.8 Å². The summed E-state index contributed by atoms with van der Waals surface area (Å²) in [5, 5.41) is 4.15. The van der Waals surface area contributed by atoms with Crippen molar-refractivity contribution in [1.29, 1.82) is 0 Å². The van der Waals surface area contributed by atoms with Gasteiger partial charge in [-0.2, -0.15) is 13.0 Å². The van der Waals surface area contributed by atoms with Gasteiger partial charge in [-0.1, -0.05) is 76.2 Å². The summed E-state index contributed by atoms with van der Waals surface area (Å²) in [4.78, 5) is 6.49. The molecule has 0 amide bonds. The Hall–Kier alpha value is 4.26. The predicted molar refractivity (Wildman–Crippen MR) is 205 cm³/mol. The summed E-state index contributed by atoms with van der Waals surface area (Å²) in [5.74, 6) is 0. The van der Waals surface area contributed by atoms with Crippen LogP contribution in [0.5, 0.6) is 0 Å². The molecule has 0 unspecified atom stereocenters. The Balaban J connectivity index is -0.0000000304. The number of hydrogen-bond donors (Lipinski definition) is 0. The summed E-state index contributed by atoms with van der Waals surface area (Å²) in [6.45, 7) is 69.3. The van der Waals surface area contributed by atoms with Gasteiger partial charge in [0.25, 0.3) is 0 Å². The Morgan fingerprint density at radius 3 is 0.717 bits per heavy atom. The molecule has 0 aromatic carbocycles. The largest absolute Gasteiger partial charge is 0.684 e.